The molecule has 1 unspecified atom stereocenters. The average molecular weight is 288 g/mol. The maximum absolute atomic E-state index is 13.3. The molecule has 0 radical (unpaired) electrons. The molecule has 0 saturated heterocycles. The molecule has 0 aliphatic heterocycles. The number of benzene rings is 1. The van der Waals surface area contributed by atoms with E-state index in [1.165, 1.54) is 30.6 Å². The minimum Gasteiger partial charge on any atom is -0.372 e. The molecule has 100 valence electrons. The molecule has 0 bridgehead atoms. The van der Waals surface area contributed by atoms with Gasteiger partial charge >= 0.3 is 6.18 Å². The summed E-state index contributed by atoms with van der Waals surface area (Å²) in [6, 6.07) is 7.31. The second-order valence-electron chi connectivity index (χ2n) is 3.95. The Morgan fingerprint density at radius 1 is 1.00 bits per heavy atom. The van der Waals surface area contributed by atoms with Crippen LogP contribution in [0.2, 0.25) is 5.02 Å². The van der Waals surface area contributed by atoms with Crippen LogP contribution in [0.4, 0.5) is 13.2 Å². The summed E-state index contributed by atoms with van der Waals surface area (Å²) >= 11 is 5.70. The lowest BCUT2D eigenvalue weighted by molar-refractivity contribution is -0.248. The number of aromatic nitrogens is 1. The van der Waals surface area contributed by atoms with Crippen molar-refractivity contribution in [1.29, 1.82) is 0 Å². The van der Waals surface area contributed by atoms with Gasteiger partial charge in [0.25, 0.3) is 0 Å². The summed E-state index contributed by atoms with van der Waals surface area (Å²) in [5.74, 6) is 0. The fourth-order valence-corrected chi connectivity index (χ4v) is 1.99. The van der Waals surface area contributed by atoms with E-state index in [1.807, 2.05) is 0 Å². The molecule has 2 nitrogen and oxygen atoms in total. The molecule has 0 saturated carbocycles. The van der Waals surface area contributed by atoms with Crippen LogP contribution < -0.4 is 0 Å². The number of pyridine rings is 1. The van der Waals surface area contributed by atoms with E-state index < -0.39 is 11.8 Å². The van der Waals surface area contributed by atoms with Crippen LogP contribution in [0.15, 0.2) is 48.8 Å². The number of rotatable bonds is 2. The van der Waals surface area contributed by atoms with E-state index >= 15 is 0 Å². The van der Waals surface area contributed by atoms with Crippen LogP contribution in [0.3, 0.4) is 0 Å². The highest BCUT2D eigenvalue weighted by atomic mass is 35.5. The standard InChI is InChI=1S/C13H9ClF3NO/c14-11-3-1-2-10(8-11)12(19,13(15,16)17)9-4-6-18-7-5-9/h1-8,19H. The number of alkyl halides is 3. The summed E-state index contributed by atoms with van der Waals surface area (Å²) in [6.07, 6.45) is -2.49. The Hall–Kier alpha value is -1.59. The van der Waals surface area contributed by atoms with Gasteiger partial charge in [0, 0.05) is 23.0 Å². The normalized spacial score (nSPS) is 15.0. The molecular formula is C13H9ClF3NO. The average Bonchev–Trinajstić information content (AvgIpc) is 2.37. The van der Waals surface area contributed by atoms with Gasteiger partial charge in [0.2, 0.25) is 5.60 Å². The molecule has 0 fully saturated rings. The summed E-state index contributed by atoms with van der Waals surface area (Å²) in [6.45, 7) is 0. The van der Waals surface area contributed by atoms with Gasteiger partial charge in [0.1, 0.15) is 0 Å². The number of aliphatic hydroxyl groups is 1. The van der Waals surface area contributed by atoms with Crippen LogP contribution in [0.25, 0.3) is 0 Å². The van der Waals surface area contributed by atoms with Crippen LogP contribution in [-0.4, -0.2) is 16.3 Å². The summed E-state index contributed by atoms with van der Waals surface area (Å²) in [4.78, 5) is 3.65. The Bertz CT molecular complexity index is 574. The third-order valence-corrected chi connectivity index (χ3v) is 2.99. The zero-order valence-electron chi connectivity index (χ0n) is 9.53. The molecular weight excluding hydrogens is 279 g/mol. The Balaban J connectivity index is 2.66. The zero-order valence-corrected chi connectivity index (χ0v) is 10.3. The lowest BCUT2D eigenvalue weighted by atomic mass is 9.86. The van der Waals surface area contributed by atoms with Crippen molar-refractivity contribution in [2.24, 2.45) is 0 Å². The van der Waals surface area contributed by atoms with Crippen molar-refractivity contribution in [2.75, 3.05) is 0 Å². The van der Waals surface area contributed by atoms with Gasteiger partial charge in [0.05, 0.1) is 0 Å². The van der Waals surface area contributed by atoms with Crippen LogP contribution in [0.1, 0.15) is 11.1 Å². The smallest absolute Gasteiger partial charge is 0.372 e. The van der Waals surface area contributed by atoms with Gasteiger partial charge in [0.15, 0.2) is 0 Å². The van der Waals surface area contributed by atoms with Gasteiger partial charge in [-0.3, -0.25) is 4.98 Å². The largest absolute Gasteiger partial charge is 0.425 e. The van der Waals surface area contributed by atoms with E-state index in [0.29, 0.717) is 0 Å². The molecule has 1 aromatic carbocycles. The van der Waals surface area contributed by atoms with Gasteiger partial charge in [-0.05, 0) is 29.8 Å². The van der Waals surface area contributed by atoms with E-state index in [2.05, 4.69) is 4.98 Å². The Morgan fingerprint density at radius 3 is 2.16 bits per heavy atom. The Kier molecular flexibility index (Phi) is 3.52. The first kappa shape index (κ1) is 13.8. The first-order valence-electron chi connectivity index (χ1n) is 5.31. The molecule has 0 aliphatic carbocycles. The molecule has 2 rings (SSSR count). The molecule has 6 heteroatoms. The molecule has 1 heterocycles. The first-order chi connectivity index (χ1) is 8.85. The van der Waals surface area contributed by atoms with Crippen molar-refractivity contribution < 1.29 is 18.3 Å². The van der Waals surface area contributed by atoms with Gasteiger partial charge < -0.3 is 5.11 Å². The monoisotopic (exact) mass is 287 g/mol. The predicted octanol–water partition coefficient (Wildman–Crippen LogP) is 3.53. The van der Waals surface area contributed by atoms with Gasteiger partial charge in [-0.25, -0.2) is 0 Å². The number of hydrogen-bond acceptors (Lipinski definition) is 2. The summed E-state index contributed by atoms with van der Waals surface area (Å²) in [7, 11) is 0. The molecule has 1 aromatic heterocycles. The Morgan fingerprint density at radius 2 is 1.63 bits per heavy atom. The molecule has 1 N–H and O–H groups in total. The lowest BCUT2D eigenvalue weighted by Gasteiger charge is -2.31. The van der Waals surface area contributed by atoms with Crippen molar-refractivity contribution in [3.05, 3.63) is 64.9 Å². The molecule has 0 aliphatic rings. The fourth-order valence-electron chi connectivity index (χ4n) is 1.80. The van der Waals surface area contributed by atoms with Crippen LogP contribution in [-0.2, 0) is 5.60 Å². The number of halogens is 4. The van der Waals surface area contributed by atoms with Gasteiger partial charge in [-0.2, -0.15) is 13.2 Å². The lowest BCUT2D eigenvalue weighted by Crippen LogP contribution is -2.43. The summed E-state index contributed by atoms with van der Waals surface area (Å²) in [5, 5.41) is 10.3. The van der Waals surface area contributed by atoms with Gasteiger partial charge in [-0.1, -0.05) is 23.7 Å². The summed E-state index contributed by atoms with van der Waals surface area (Å²) < 4.78 is 39.9. The third kappa shape index (κ3) is 2.43. The molecule has 0 spiro atoms. The van der Waals surface area contributed by atoms with Gasteiger partial charge in [-0.15, -0.1) is 0 Å². The van der Waals surface area contributed by atoms with Crippen molar-refractivity contribution in [3.8, 4) is 0 Å². The maximum atomic E-state index is 13.3. The molecule has 1 atom stereocenters. The SMILES string of the molecule is OC(c1ccncc1)(c1cccc(Cl)c1)C(F)(F)F. The van der Waals surface area contributed by atoms with Crippen molar-refractivity contribution in [2.45, 2.75) is 11.8 Å². The first-order valence-corrected chi connectivity index (χ1v) is 5.69. The zero-order chi connectivity index (χ0) is 14.1. The highest BCUT2D eigenvalue weighted by Crippen LogP contribution is 2.44. The topological polar surface area (TPSA) is 33.1 Å². The minimum absolute atomic E-state index is 0.120. The molecule has 0 amide bonds. The second kappa shape index (κ2) is 4.83. The van der Waals surface area contributed by atoms with E-state index in [4.69, 9.17) is 11.6 Å². The van der Waals surface area contributed by atoms with Crippen LogP contribution >= 0.6 is 11.6 Å². The summed E-state index contributed by atoms with van der Waals surface area (Å²) in [5.41, 5.74) is -3.75. The second-order valence-corrected chi connectivity index (χ2v) is 4.39. The highest BCUT2D eigenvalue weighted by molar-refractivity contribution is 6.30. The van der Waals surface area contributed by atoms with Crippen molar-refractivity contribution in [3.63, 3.8) is 0 Å². The van der Waals surface area contributed by atoms with E-state index in [-0.39, 0.29) is 16.1 Å². The maximum Gasteiger partial charge on any atom is 0.425 e. The predicted molar refractivity (Wildman–Crippen MR) is 64.7 cm³/mol. The van der Waals surface area contributed by atoms with Crippen LogP contribution in [0, 0.1) is 0 Å². The molecule has 19 heavy (non-hydrogen) atoms. The van der Waals surface area contributed by atoms with E-state index in [1.54, 1.807) is 0 Å². The Labute approximate surface area is 112 Å². The highest BCUT2D eigenvalue weighted by Gasteiger charge is 2.56. The quantitative estimate of drug-likeness (QED) is 0.916. The van der Waals surface area contributed by atoms with Crippen molar-refractivity contribution in [1.82, 2.24) is 4.98 Å². The molecule has 2 aromatic rings. The van der Waals surface area contributed by atoms with E-state index in [0.717, 1.165) is 18.2 Å². The van der Waals surface area contributed by atoms with E-state index in [9.17, 15) is 18.3 Å². The fraction of sp³-hybridized carbons (Fsp3) is 0.154. The van der Waals surface area contributed by atoms with Crippen molar-refractivity contribution >= 4 is 11.6 Å². The minimum atomic E-state index is -4.88. The third-order valence-electron chi connectivity index (χ3n) is 2.75. The number of nitrogens with zero attached hydrogens (tertiary/aromatic N) is 1. The number of hydrogen-bond donors (Lipinski definition) is 1. The van der Waals surface area contributed by atoms with Crippen LogP contribution in [0.5, 0.6) is 0 Å².